The van der Waals surface area contributed by atoms with Crippen molar-refractivity contribution < 1.29 is 9.18 Å². The quantitative estimate of drug-likeness (QED) is 0.249. The SMILES string of the molecule is CCCCCCCCCC(=O)N(CCC)C(C)c1nc2ccccc2c(=O)n1-c1ccc(F)cc1. The molecule has 5 nitrogen and oxygen atoms in total. The minimum Gasteiger partial charge on any atom is -0.333 e. The van der Waals surface area contributed by atoms with Gasteiger partial charge < -0.3 is 4.90 Å². The van der Waals surface area contributed by atoms with Gasteiger partial charge in [-0.2, -0.15) is 0 Å². The van der Waals surface area contributed by atoms with Crippen molar-refractivity contribution in [2.24, 2.45) is 0 Å². The first-order valence-electron chi connectivity index (χ1n) is 13.0. The largest absolute Gasteiger partial charge is 0.333 e. The van der Waals surface area contributed by atoms with Crippen LogP contribution in [0.25, 0.3) is 16.6 Å². The van der Waals surface area contributed by atoms with E-state index in [1.54, 1.807) is 24.3 Å². The fourth-order valence-corrected chi connectivity index (χ4v) is 4.56. The maximum atomic E-state index is 13.6. The lowest BCUT2D eigenvalue weighted by Gasteiger charge is -2.30. The van der Waals surface area contributed by atoms with Crippen LogP contribution in [0.5, 0.6) is 0 Å². The number of carbonyl (C=O) groups is 1. The van der Waals surface area contributed by atoms with Crippen molar-refractivity contribution in [3.05, 3.63) is 70.5 Å². The van der Waals surface area contributed by atoms with Crippen LogP contribution in [-0.4, -0.2) is 26.9 Å². The molecule has 1 heterocycles. The monoisotopic (exact) mass is 479 g/mol. The van der Waals surface area contributed by atoms with E-state index in [2.05, 4.69) is 6.92 Å². The number of unbranched alkanes of at least 4 members (excludes halogenated alkanes) is 6. The van der Waals surface area contributed by atoms with E-state index in [0.29, 0.717) is 35.4 Å². The van der Waals surface area contributed by atoms with Crippen LogP contribution in [0.15, 0.2) is 53.3 Å². The van der Waals surface area contributed by atoms with E-state index in [-0.39, 0.29) is 17.3 Å². The Morgan fingerprint density at radius 2 is 1.60 bits per heavy atom. The minimum atomic E-state index is -0.408. The molecule has 0 aliphatic rings. The molecule has 1 unspecified atom stereocenters. The third-order valence-corrected chi connectivity index (χ3v) is 6.51. The summed E-state index contributed by atoms with van der Waals surface area (Å²) < 4.78 is 15.2. The fraction of sp³-hybridized carbons (Fsp3) is 0.483. The number of hydrogen-bond donors (Lipinski definition) is 0. The van der Waals surface area contributed by atoms with Gasteiger partial charge in [0, 0.05) is 13.0 Å². The van der Waals surface area contributed by atoms with E-state index in [4.69, 9.17) is 4.98 Å². The van der Waals surface area contributed by atoms with Crippen molar-refractivity contribution >= 4 is 16.8 Å². The molecular weight excluding hydrogens is 441 g/mol. The van der Waals surface area contributed by atoms with Gasteiger partial charge in [-0.1, -0.05) is 64.5 Å². The van der Waals surface area contributed by atoms with Crippen LogP contribution < -0.4 is 5.56 Å². The Bertz CT molecular complexity index is 1160. The molecule has 2 aromatic carbocycles. The van der Waals surface area contributed by atoms with Gasteiger partial charge in [-0.25, -0.2) is 9.37 Å². The third-order valence-electron chi connectivity index (χ3n) is 6.51. The summed E-state index contributed by atoms with van der Waals surface area (Å²) in [7, 11) is 0. The molecule has 1 atom stereocenters. The Labute approximate surface area is 208 Å². The van der Waals surface area contributed by atoms with Crippen molar-refractivity contribution in [1.29, 1.82) is 0 Å². The van der Waals surface area contributed by atoms with Crippen molar-refractivity contribution in [2.45, 2.75) is 84.6 Å². The lowest BCUT2D eigenvalue weighted by Crippen LogP contribution is -2.37. The lowest BCUT2D eigenvalue weighted by molar-refractivity contribution is -0.133. The van der Waals surface area contributed by atoms with Gasteiger partial charge in [-0.3, -0.25) is 14.2 Å². The highest BCUT2D eigenvalue weighted by Gasteiger charge is 2.26. The van der Waals surface area contributed by atoms with E-state index in [9.17, 15) is 14.0 Å². The number of rotatable bonds is 13. The summed E-state index contributed by atoms with van der Waals surface area (Å²) in [4.78, 5) is 33.5. The van der Waals surface area contributed by atoms with E-state index >= 15 is 0 Å². The fourth-order valence-electron chi connectivity index (χ4n) is 4.56. The molecule has 3 aromatic rings. The molecule has 1 aromatic heterocycles. The van der Waals surface area contributed by atoms with E-state index in [1.807, 2.05) is 30.9 Å². The summed E-state index contributed by atoms with van der Waals surface area (Å²) in [6, 6.07) is 12.6. The number of aromatic nitrogens is 2. The second-order valence-corrected chi connectivity index (χ2v) is 9.24. The zero-order chi connectivity index (χ0) is 25.2. The van der Waals surface area contributed by atoms with E-state index in [1.165, 1.54) is 42.4 Å². The van der Waals surface area contributed by atoms with Gasteiger partial charge in [0.25, 0.3) is 5.56 Å². The smallest absolute Gasteiger partial charge is 0.266 e. The van der Waals surface area contributed by atoms with Gasteiger partial charge >= 0.3 is 0 Å². The average molecular weight is 480 g/mol. The van der Waals surface area contributed by atoms with Crippen molar-refractivity contribution in [2.75, 3.05) is 6.54 Å². The molecular formula is C29H38FN3O2. The van der Waals surface area contributed by atoms with Gasteiger partial charge in [0.2, 0.25) is 5.91 Å². The first kappa shape index (κ1) is 26.6. The Hall–Kier alpha value is -3.02. The summed E-state index contributed by atoms with van der Waals surface area (Å²) >= 11 is 0. The molecule has 0 fully saturated rings. The number of halogens is 1. The Morgan fingerprint density at radius 1 is 0.943 bits per heavy atom. The molecule has 0 aliphatic carbocycles. The number of para-hydroxylation sites is 1. The highest BCUT2D eigenvalue weighted by molar-refractivity contribution is 5.79. The number of amides is 1. The standard InChI is InChI=1S/C29H38FN3O2/c1-4-6-7-8-9-10-11-16-27(34)32(21-5-2)22(3)28-31-26-15-13-12-14-25(26)29(35)33(28)24-19-17-23(30)18-20-24/h12-15,17-20,22H,4-11,16,21H2,1-3H3. The Balaban J connectivity index is 1.89. The molecule has 0 N–H and O–H groups in total. The lowest BCUT2D eigenvalue weighted by atomic mass is 10.1. The highest BCUT2D eigenvalue weighted by Crippen LogP contribution is 2.24. The minimum absolute atomic E-state index is 0.0842. The Kier molecular flexibility index (Phi) is 10.0. The molecule has 0 bridgehead atoms. The number of nitrogens with zero attached hydrogens (tertiary/aromatic N) is 3. The number of fused-ring (bicyclic) bond motifs is 1. The Morgan fingerprint density at radius 3 is 2.29 bits per heavy atom. The number of hydrogen-bond acceptors (Lipinski definition) is 3. The van der Waals surface area contributed by atoms with Crippen LogP contribution in [0, 0.1) is 5.82 Å². The summed E-state index contributed by atoms with van der Waals surface area (Å²) in [6.45, 7) is 6.77. The topological polar surface area (TPSA) is 55.2 Å². The van der Waals surface area contributed by atoms with Crippen LogP contribution in [0.2, 0.25) is 0 Å². The summed E-state index contributed by atoms with van der Waals surface area (Å²) in [6.07, 6.45) is 9.37. The summed E-state index contributed by atoms with van der Waals surface area (Å²) in [5.74, 6) is 0.199. The van der Waals surface area contributed by atoms with Gasteiger partial charge in [0.15, 0.2) is 0 Å². The average Bonchev–Trinajstić information content (AvgIpc) is 2.87. The normalized spacial score (nSPS) is 12.1. The maximum absolute atomic E-state index is 13.6. The van der Waals surface area contributed by atoms with Crippen LogP contribution in [0.4, 0.5) is 4.39 Å². The number of carbonyl (C=O) groups excluding carboxylic acids is 1. The second-order valence-electron chi connectivity index (χ2n) is 9.24. The van der Waals surface area contributed by atoms with Gasteiger partial charge in [-0.05, 0) is 56.2 Å². The van der Waals surface area contributed by atoms with Crippen molar-refractivity contribution in [1.82, 2.24) is 14.5 Å². The van der Waals surface area contributed by atoms with Crippen molar-refractivity contribution in [3.8, 4) is 5.69 Å². The molecule has 0 saturated heterocycles. The molecule has 0 saturated carbocycles. The molecule has 188 valence electrons. The maximum Gasteiger partial charge on any atom is 0.266 e. The molecule has 0 spiro atoms. The molecule has 1 amide bonds. The predicted octanol–water partition coefficient (Wildman–Crippen LogP) is 6.97. The van der Waals surface area contributed by atoms with E-state index in [0.717, 1.165) is 25.7 Å². The van der Waals surface area contributed by atoms with Gasteiger partial charge in [0.05, 0.1) is 22.6 Å². The van der Waals surface area contributed by atoms with Crippen LogP contribution in [0.3, 0.4) is 0 Å². The molecule has 35 heavy (non-hydrogen) atoms. The molecule has 0 radical (unpaired) electrons. The molecule has 3 rings (SSSR count). The summed E-state index contributed by atoms with van der Waals surface area (Å²) in [5, 5.41) is 0.490. The third kappa shape index (κ3) is 6.77. The van der Waals surface area contributed by atoms with Crippen LogP contribution in [0.1, 0.15) is 90.4 Å². The van der Waals surface area contributed by atoms with Gasteiger partial charge in [0.1, 0.15) is 11.6 Å². The number of benzene rings is 2. The highest BCUT2D eigenvalue weighted by atomic mass is 19.1. The van der Waals surface area contributed by atoms with Gasteiger partial charge in [-0.15, -0.1) is 0 Å². The second kappa shape index (κ2) is 13.2. The zero-order valence-corrected chi connectivity index (χ0v) is 21.3. The first-order chi connectivity index (χ1) is 17.0. The molecule has 0 aliphatic heterocycles. The summed E-state index contributed by atoms with van der Waals surface area (Å²) in [5.41, 5.74) is 0.904. The first-order valence-corrected chi connectivity index (χ1v) is 13.0. The molecule has 6 heteroatoms. The van der Waals surface area contributed by atoms with Crippen molar-refractivity contribution in [3.63, 3.8) is 0 Å². The predicted molar refractivity (Wildman–Crippen MR) is 140 cm³/mol. The van der Waals surface area contributed by atoms with Crippen LogP contribution >= 0.6 is 0 Å². The van der Waals surface area contributed by atoms with E-state index < -0.39 is 6.04 Å². The van der Waals surface area contributed by atoms with Crippen LogP contribution in [-0.2, 0) is 4.79 Å². The zero-order valence-electron chi connectivity index (χ0n) is 21.3.